The Kier molecular flexibility index (Phi) is 7.60. The van der Waals surface area contributed by atoms with Crippen LogP contribution in [-0.2, 0) is 16.1 Å². The number of hydrogen-bond acceptors (Lipinski definition) is 5. The van der Waals surface area contributed by atoms with E-state index in [4.69, 9.17) is 10.00 Å². The minimum absolute atomic E-state index is 0.0691. The van der Waals surface area contributed by atoms with Crippen molar-refractivity contribution in [1.29, 1.82) is 5.26 Å². The SMILES string of the molecule is CCOCC1(O)CCC2C(CCC3(C)CCCC3C(=O)Cn3cc(C#N)cn3)CCCC2C1. The van der Waals surface area contributed by atoms with Crippen molar-refractivity contribution in [1.82, 2.24) is 9.78 Å². The molecule has 4 rings (SSSR count). The highest BCUT2D eigenvalue weighted by atomic mass is 16.5. The highest BCUT2D eigenvalue weighted by molar-refractivity contribution is 5.81. The molecule has 0 radical (unpaired) electrons. The van der Waals surface area contributed by atoms with Gasteiger partial charge in [0.15, 0.2) is 5.78 Å². The fourth-order valence-electron chi connectivity index (χ4n) is 7.36. The molecule has 1 aromatic heterocycles. The van der Waals surface area contributed by atoms with E-state index in [-0.39, 0.29) is 23.7 Å². The van der Waals surface area contributed by atoms with Gasteiger partial charge in [0.25, 0.3) is 0 Å². The number of ether oxygens (including phenoxy) is 1. The van der Waals surface area contributed by atoms with Crippen LogP contribution in [0.1, 0.15) is 90.0 Å². The van der Waals surface area contributed by atoms with Crippen molar-refractivity contribution >= 4 is 5.78 Å². The van der Waals surface area contributed by atoms with E-state index in [0.717, 1.165) is 50.9 Å². The Bertz CT molecular complexity index is 861. The minimum Gasteiger partial charge on any atom is -0.387 e. The van der Waals surface area contributed by atoms with Crippen molar-refractivity contribution in [3.63, 3.8) is 0 Å². The molecule has 0 bridgehead atoms. The first-order valence-electron chi connectivity index (χ1n) is 13.1. The van der Waals surface area contributed by atoms with E-state index in [1.165, 1.54) is 31.9 Å². The zero-order valence-corrected chi connectivity index (χ0v) is 20.5. The van der Waals surface area contributed by atoms with Crippen LogP contribution in [0.3, 0.4) is 0 Å². The average Bonchev–Trinajstić information content (AvgIpc) is 3.42. The first-order chi connectivity index (χ1) is 15.9. The van der Waals surface area contributed by atoms with Crippen molar-refractivity contribution in [3.8, 4) is 6.07 Å². The molecule has 0 saturated heterocycles. The summed E-state index contributed by atoms with van der Waals surface area (Å²) in [6, 6.07) is 2.08. The van der Waals surface area contributed by atoms with Gasteiger partial charge in [0.1, 0.15) is 6.07 Å². The molecule has 0 amide bonds. The van der Waals surface area contributed by atoms with Crippen molar-refractivity contribution in [2.75, 3.05) is 13.2 Å². The fourth-order valence-corrected chi connectivity index (χ4v) is 7.36. The number of carbonyl (C=O) groups is 1. The first-order valence-corrected chi connectivity index (χ1v) is 13.1. The molecule has 3 fully saturated rings. The number of nitrogens with zero attached hydrogens (tertiary/aromatic N) is 3. The number of aliphatic hydroxyl groups is 1. The van der Waals surface area contributed by atoms with Gasteiger partial charge in [-0.3, -0.25) is 9.48 Å². The summed E-state index contributed by atoms with van der Waals surface area (Å²) in [7, 11) is 0. The van der Waals surface area contributed by atoms with Crippen molar-refractivity contribution in [2.24, 2.45) is 29.1 Å². The molecular weight excluding hydrogens is 414 g/mol. The number of rotatable bonds is 9. The van der Waals surface area contributed by atoms with Gasteiger partial charge < -0.3 is 9.84 Å². The minimum atomic E-state index is -0.633. The van der Waals surface area contributed by atoms with E-state index >= 15 is 0 Å². The largest absolute Gasteiger partial charge is 0.387 e. The van der Waals surface area contributed by atoms with E-state index in [1.54, 1.807) is 10.9 Å². The van der Waals surface area contributed by atoms with Gasteiger partial charge in [-0.2, -0.15) is 10.4 Å². The van der Waals surface area contributed by atoms with Crippen LogP contribution in [0.4, 0.5) is 0 Å². The topological polar surface area (TPSA) is 88.1 Å². The summed E-state index contributed by atoms with van der Waals surface area (Å²) >= 11 is 0. The van der Waals surface area contributed by atoms with Crippen LogP contribution in [-0.4, -0.2) is 39.5 Å². The van der Waals surface area contributed by atoms with Crippen LogP contribution in [0.5, 0.6) is 0 Å². The van der Waals surface area contributed by atoms with E-state index < -0.39 is 5.60 Å². The smallest absolute Gasteiger partial charge is 0.157 e. The summed E-state index contributed by atoms with van der Waals surface area (Å²) in [5.41, 5.74) is -0.0598. The lowest BCUT2D eigenvalue weighted by Gasteiger charge is -2.48. The number of fused-ring (bicyclic) bond motifs is 1. The van der Waals surface area contributed by atoms with Gasteiger partial charge in [-0.1, -0.05) is 32.6 Å². The van der Waals surface area contributed by atoms with Crippen LogP contribution in [0.15, 0.2) is 12.4 Å². The lowest BCUT2D eigenvalue weighted by molar-refractivity contribution is -0.127. The van der Waals surface area contributed by atoms with Crippen LogP contribution in [0.2, 0.25) is 0 Å². The van der Waals surface area contributed by atoms with Gasteiger partial charge in [0, 0.05) is 18.7 Å². The second-order valence-corrected chi connectivity index (χ2v) is 11.4. The second-order valence-electron chi connectivity index (χ2n) is 11.4. The molecule has 0 spiro atoms. The second kappa shape index (κ2) is 10.3. The Morgan fingerprint density at radius 3 is 2.91 bits per heavy atom. The first kappa shape index (κ1) is 24.4. The molecule has 1 aromatic rings. The third kappa shape index (κ3) is 5.52. The van der Waals surface area contributed by atoms with E-state index in [2.05, 4.69) is 18.1 Å². The molecule has 6 heteroatoms. The summed E-state index contributed by atoms with van der Waals surface area (Å²) in [5, 5.41) is 24.2. The van der Waals surface area contributed by atoms with Gasteiger partial charge in [0.2, 0.25) is 0 Å². The molecule has 3 aliphatic carbocycles. The zero-order chi connectivity index (χ0) is 23.5. The Labute approximate surface area is 198 Å². The number of carbonyl (C=O) groups excluding carboxylic acids is 1. The number of Topliss-reactive ketones (excluding diaryl/α,β-unsaturated/α-hetero) is 1. The Balaban J connectivity index is 1.34. The summed E-state index contributed by atoms with van der Waals surface area (Å²) in [5.74, 6) is 2.41. The van der Waals surface area contributed by atoms with Gasteiger partial charge in [-0.05, 0) is 75.0 Å². The standard InChI is InChI=1S/C27H41N3O3/c1-3-33-19-27(32)13-10-23-21(6-4-7-22(23)14-27)9-12-26(2)11-5-8-24(26)25(31)18-30-17-20(15-28)16-29-30/h16-17,21-24,32H,3-14,18-19H2,1-2H3. The molecule has 1 N–H and O–H groups in total. The van der Waals surface area contributed by atoms with E-state index in [0.29, 0.717) is 30.6 Å². The molecule has 3 aliphatic rings. The molecule has 6 nitrogen and oxygen atoms in total. The Morgan fingerprint density at radius 2 is 2.15 bits per heavy atom. The molecule has 33 heavy (non-hydrogen) atoms. The maximum atomic E-state index is 13.2. The lowest BCUT2D eigenvalue weighted by atomic mass is 9.60. The molecular formula is C27H41N3O3. The predicted octanol–water partition coefficient (Wildman–Crippen LogP) is 4.89. The van der Waals surface area contributed by atoms with E-state index in [9.17, 15) is 9.90 Å². The summed E-state index contributed by atoms with van der Waals surface area (Å²) < 4.78 is 7.21. The maximum Gasteiger partial charge on any atom is 0.157 e. The number of ketones is 1. The molecule has 6 unspecified atom stereocenters. The summed E-state index contributed by atoms with van der Waals surface area (Å²) in [6.07, 6.45) is 15.4. The molecule has 6 atom stereocenters. The van der Waals surface area contributed by atoms with Crippen molar-refractivity contribution < 1.29 is 14.6 Å². The normalized spacial score (nSPS) is 36.3. The molecule has 1 heterocycles. The summed E-state index contributed by atoms with van der Waals surface area (Å²) in [4.78, 5) is 13.2. The third-order valence-electron chi connectivity index (χ3n) is 9.16. The van der Waals surface area contributed by atoms with Gasteiger partial charge in [0.05, 0.1) is 30.5 Å². The van der Waals surface area contributed by atoms with Crippen LogP contribution in [0, 0.1) is 40.4 Å². The predicted molar refractivity (Wildman–Crippen MR) is 126 cm³/mol. The number of hydrogen-bond donors (Lipinski definition) is 1. The molecule has 0 aromatic carbocycles. The van der Waals surface area contributed by atoms with Crippen LogP contribution in [0.25, 0.3) is 0 Å². The van der Waals surface area contributed by atoms with Gasteiger partial charge >= 0.3 is 0 Å². The zero-order valence-electron chi connectivity index (χ0n) is 20.5. The van der Waals surface area contributed by atoms with Crippen molar-refractivity contribution in [2.45, 2.75) is 96.6 Å². The highest BCUT2D eigenvalue weighted by Crippen LogP contribution is 2.52. The fraction of sp³-hybridized carbons (Fsp3) is 0.815. The Hall–Kier alpha value is -1.71. The molecule has 3 saturated carbocycles. The van der Waals surface area contributed by atoms with Crippen LogP contribution >= 0.6 is 0 Å². The highest BCUT2D eigenvalue weighted by Gasteiger charge is 2.46. The average molecular weight is 456 g/mol. The number of aromatic nitrogens is 2. The summed E-state index contributed by atoms with van der Waals surface area (Å²) in [6.45, 7) is 5.73. The maximum absolute atomic E-state index is 13.2. The molecule has 182 valence electrons. The Morgan fingerprint density at radius 1 is 1.30 bits per heavy atom. The van der Waals surface area contributed by atoms with Crippen molar-refractivity contribution in [3.05, 3.63) is 18.0 Å². The quantitative estimate of drug-likeness (QED) is 0.572. The monoisotopic (exact) mass is 455 g/mol. The lowest BCUT2D eigenvalue weighted by Crippen LogP contribution is -2.46. The van der Waals surface area contributed by atoms with E-state index in [1.807, 2.05) is 6.92 Å². The van der Waals surface area contributed by atoms with Gasteiger partial charge in [-0.15, -0.1) is 0 Å². The number of nitriles is 1. The third-order valence-corrected chi connectivity index (χ3v) is 9.16. The van der Waals surface area contributed by atoms with Gasteiger partial charge in [-0.25, -0.2) is 0 Å². The molecule has 0 aliphatic heterocycles. The van der Waals surface area contributed by atoms with Crippen LogP contribution < -0.4 is 0 Å².